The highest BCUT2D eigenvalue weighted by Crippen LogP contribution is 2.34. The van der Waals surface area contributed by atoms with Gasteiger partial charge in [-0.3, -0.25) is 0 Å². The Morgan fingerprint density at radius 3 is 2.42 bits per heavy atom. The summed E-state index contributed by atoms with van der Waals surface area (Å²) in [5, 5.41) is 1.96. The number of aryl methyl sites for hydroxylation is 1. The van der Waals surface area contributed by atoms with E-state index < -0.39 is 0 Å². The molecule has 3 heteroatoms. The minimum Gasteiger partial charge on any atom is -0.361 e. The van der Waals surface area contributed by atoms with E-state index in [0.29, 0.717) is 0 Å². The van der Waals surface area contributed by atoms with Crippen LogP contribution in [0.1, 0.15) is 23.6 Å². The third-order valence-corrected chi connectivity index (χ3v) is 5.59. The smallest absolute Gasteiger partial charge is 0.0475 e. The fraction of sp³-hybridized carbons (Fsp3) is 0.130. The van der Waals surface area contributed by atoms with E-state index in [9.17, 15) is 0 Å². The Labute approximate surface area is 167 Å². The maximum absolute atomic E-state index is 6.15. The van der Waals surface area contributed by atoms with Gasteiger partial charge in [-0.15, -0.1) is 0 Å². The van der Waals surface area contributed by atoms with Crippen molar-refractivity contribution < 1.29 is 0 Å². The third-order valence-electron chi connectivity index (χ3n) is 4.82. The Morgan fingerprint density at radius 1 is 0.885 bits per heavy atom. The average molecular weight is 425 g/mol. The molecule has 4 aromatic rings. The van der Waals surface area contributed by atoms with Crippen molar-refractivity contribution in [1.29, 1.82) is 0 Å². The van der Waals surface area contributed by atoms with Crippen LogP contribution >= 0.6 is 27.5 Å². The summed E-state index contributed by atoms with van der Waals surface area (Å²) < 4.78 is 1.11. The molecule has 0 radical (unpaired) electrons. The molecule has 0 saturated heterocycles. The molecular weight excluding hydrogens is 406 g/mol. The first kappa shape index (κ1) is 17.4. The number of benzene rings is 3. The zero-order valence-electron chi connectivity index (χ0n) is 14.5. The van der Waals surface area contributed by atoms with E-state index in [1.165, 1.54) is 33.2 Å². The molecule has 1 N–H and O–H groups in total. The van der Waals surface area contributed by atoms with Gasteiger partial charge in [-0.05, 0) is 59.4 Å². The van der Waals surface area contributed by atoms with Crippen molar-refractivity contribution in [2.75, 3.05) is 0 Å². The highest BCUT2D eigenvalue weighted by molar-refractivity contribution is 9.10. The molecule has 0 fully saturated rings. The number of rotatable bonds is 4. The van der Waals surface area contributed by atoms with Crippen molar-refractivity contribution in [3.05, 3.63) is 93.0 Å². The summed E-state index contributed by atoms with van der Waals surface area (Å²) in [4.78, 5) is 3.37. The number of hydrogen-bond acceptors (Lipinski definition) is 0. The van der Waals surface area contributed by atoms with Crippen LogP contribution in [-0.2, 0) is 12.8 Å². The number of aromatic amines is 1. The summed E-state index contributed by atoms with van der Waals surface area (Å²) in [6.45, 7) is 2.20. The molecule has 3 aromatic carbocycles. The highest BCUT2D eigenvalue weighted by Gasteiger charge is 2.12. The molecule has 130 valence electrons. The van der Waals surface area contributed by atoms with Crippen molar-refractivity contribution in [1.82, 2.24) is 4.98 Å². The van der Waals surface area contributed by atoms with Crippen LogP contribution in [0.15, 0.2) is 71.3 Å². The van der Waals surface area contributed by atoms with Gasteiger partial charge in [0.05, 0.1) is 0 Å². The fourth-order valence-corrected chi connectivity index (χ4v) is 3.83. The third kappa shape index (κ3) is 3.44. The van der Waals surface area contributed by atoms with Crippen LogP contribution in [0.25, 0.3) is 22.0 Å². The maximum atomic E-state index is 6.15. The first-order valence-corrected chi connectivity index (χ1v) is 9.94. The Morgan fingerprint density at radius 2 is 1.65 bits per heavy atom. The van der Waals surface area contributed by atoms with Crippen molar-refractivity contribution >= 4 is 38.4 Å². The van der Waals surface area contributed by atoms with E-state index in [-0.39, 0.29) is 0 Å². The number of H-pyrrole nitrogens is 1. The highest BCUT2D eigenvalue weighted by atomic mass is 79.9. The van der Waals surface area contributed by atoms with Gasteiger partial charge in [0.2, 0.25) is 0 Å². The van der Waals surface area contributed by atoms with E-state index in [4.69, 9.17) is 11.6 Å². The SMILES string of the molecule is CCc1ccc(Cc2ccc(Br)cc2)c(-c2c[nH]c3cc(Cl)ccc23)c1. The summed E-state index contributed by atoms with van der Waals surface area (Å²) in [6, 6.07) is 21.4. The first-order valence-electron chi connectivity index (χ1n) is 8.77. The van der Waals surface area contributed by atoms with Crippen LogP contribution in [0.5, 0.6) is 0 Å². The van der Waals surface area contributed by atoms with Gasteiger partial charge in [-0.2, -0.15) is 0 Å². The van der Waals surface area contributed by atoms with E-state index in [1.54, 1.807) is 0 Å². The molecule has 1 heterocycles. The van der Waals surface area contributed by atoms with Crippen LogP contribution in [0.2, 0.25) is 5.02 Å². The summed E-state index contributed by atoms with van der Waals surface area (Å²) >= 11 is 9.66. The van der Waals surface area contributed by atoms with E-state index in [1.807, 2.05) is 12.1 Å². The molecule has 0 aliphatic heterocycles. The minimum atomic E-state index is 0.753. The number of fused-ring (bicyclic) bond motifs is 1. The Bertz CT molecular complexity index is 1060. The van der Waals surface area contributed by atoms with Crippen LogP contribution in [0.3, 0.4) is 0 Å². The Balaban J connectivity index is 1.83. The topological polar surface area (TPSA) is 15.8 Å². The zero-order chi connectivity index (χ0) is 18.1. The molecule has 0 atom stereocenters. The number of aromatic nitrogens is 1. The zero-order valence-corrected chi connectivity index (χ0v) is 16.9. The molecule has 0 aliphatic carbocycles. The minimum absolute atomic E-state index is 0.753. The number of nitrogens with one attached hydrogen (secondary N) is 1. The fourth-order valence-electron chi connectivity index (χ4n) is 3.39. The second-order valence-electron chi connectivity index (χ2n) is 6.54. The largest absolute Gasteiger partial charge is 0.361 e. The molecular formula is C23H19BrClN. The van der Waals surface area contributed by atoms with Gasteiger partial charge in [0.25, 0.3) is 0 Å². The second-order valence-corrected chi connectivity index (χ2v) is 7.89. The van der Waals surface area contributed by atoms with Gasteiger partial charge in [-0.1, -0.05) is 70.9 Å². The first-order chi connectivity index (χ1) is 12.6. The van der Waals surface area contributed by atoms with Gasteiger partial charge >= 0.3 is 0 Å². The standard InChI is InChI=1S/C23H19BrClN/c1-2-15-3-6-17(11-16-4-7-18(24)8-5-16)21(12-15)22-14-26-23-13-19(25)9-10-20(22)23/h3-10,12-14,26H,2,11H2,1H3. The van der Waals surface area contributed by atoms with Gasteiger partial charge in [-0.25, -0.2) is 0 Å². The molecule has 0 amide bonds. The Hall–Kier alpha value is -2.03. The molecule has 1 nitrogen and oxygen atoms in total. The number of halogens is 2. The lowest BCUT2D eigenvalue weighted by Crippen LogP contribution is -1.94. The van der Waals surface area contributed by atoms with Crippen molar-refractivity contribution in [2.45, 2.75) is 19.8 Å². The molecule has 0 aliphatic rings. The van der Waals surface area contributed by atoms with Gasteiger partial charge in [0.1, 0.15) is 0 Å². The molecule has 1 aromatic heterocycles. The molecule has 0 saturated carbocycles. The van der Waals surface area contributed by atoms with Crippen molar-refractivity contribution in [3.8, 4) is 11.1 Å². The maximum Gasteiger partial charge on any atom is 0.0475 e. The number of hydrogen-bond donors (Lipinski definition) is 1. The summed E-state index contributed by atoms with van der Waals surface area (Å²) in [5.41, 5.74) is 7.59. The lowest BCUT2D eigenvalue weighted by atomic mass is 9.92. The summed E-state index contributed by atoms with van der Waals surface area (Å²) in [6.07, 6.45) is 4.04. The van der Waals surface area contributed by atoms with Crippen LogP contribution < -0.4 is 0 Å². The van der Waals surface area contributed by atoms with Crippen LogP contribution in [0.4, 0.5) is 0 Å². The van der Waals surface area contributed by atoms with Crippen molar-refractivity contribution in [3.63, 3.8) is 0 Å². The quantitative estimate of drug-likeness (QED) is 0.351. The van der Waals surface area contributed by atoms with Crippen molar-refractivity contribution in [2.24, 2.45) is 0 Å². The molecule has 4 rings (SSSR count). The normalized spacial score (nSPS) is 11.2. The molecule has 0 bridgehead atoms. The monoisotopic (exact) mass is 423 g/mol. The molecule has 0 unspecified atom stereocenters. The molecule has 0 spiro atoms. The van der Waals surface area contributed by atoms with E-state index in [2.05, 4.69) is 82.6 Å². The summed E-state index contributed by atoms with van der Waals surface area (Å²) in [5.74, 6) is 0. The van der Waals surface area contributed by atoms with Gasteiger partial charge < -0.3 is 4.98 Å². The second kappa shape index (κ2) is 7.30. The summed E-state index contributed by atoms with van der Waals surface area (Å²) in [7, 11) is 0. The predicted molar refractivity (Wildman–Crippen MR) is 115 cm³/mol. The lowest BCUT2D eigenvalue weighted by Gasteiger charge is -2.12. The predicted octanol–water partition coefficient (Wildman–Crippen LogP) is 7.40. The van der Waals surface area contributed by atoms with Crippen LogP contribution in [0, 0.1) is 0 Å². The Kier molecular flexibility index (Phi) is 4.88. The molecule has 26 heavy (non-hydrogen) atoms. The lowest BCUT2D eigenvalue weighted by molar-refractivity contribution is 1.12. The van der Waals surface area contributed by atoms with Gasteiger partial charge in [0, 0.05) is 32.2 Å². The van der Waals surface area contributed by atoms with Crippen LogP contribution in [-0.4, -0.2) is 4.98 Å². The van der Waals surface area contributed by atoms with E-state index in [0.717, 1.165) is 27.9 Å². The van der Waals surface area contributed by atoms with E-state index >= 15 is 0 Å². The van der Waals surface area contributed by atoms with Gasteiger partial charge in [0.15, 0.2) is 0 Å². The average Bonchev–Trinajstić information content (AvgIpc) is 3.06.